The van der Waals surface area contributed by atoms with E-state index in [1.54, 1.807) is 24.3 Å². The fourth-order valence-corrected chi connectivity index (χ4v) is 1.88. The molecule has 0 heterocycles. The Morgan fingerprint density at radius 2 is 1.90 bits per heavy atom. The summed E-state index contributed by atoms with van der Waals surface area (Å²) in [5.41, 5.74) is 6.84. The van der Waals surface area contributed by atoms with E-state index in [1.807, 2.05) is 12.1 Å². The van der Waals surface area contributed by atoms with Gasteiger partial charge in [-0.05, 0) is 30.2 Å². The van der Waals surface area contributed by atoms with Crippen molar-refractivity contribution in [3.05, 3.63) is 53.6 Å². The molecule has 0 atom stereocenters. The minimum Gasteiger partial charge on any atom is -0.478 e. The lowest BCUT2D eigenvalue weighted by Crippen LogP contribution is -2.04. The normalized spacial score (nSPS) is 10.2. The van der Waals surface area contributed by atoms with Crippen LogP contribution in [0.15, 0.2) is 42.5 Å². The third-order valence-corrected chi connectivity index (χ3v) is 2.84. The van der Waals surface area contributed by atoms with Crippen LogP contribution in [0.1, 0.15) is 15.9 Å². The van der Waals surface area contributed by atoms with Gasteiger partial charge < -0.3 is 20.7 Å². The zero-order valence-electron chi connectivity index (χ0n) is 10.7. The van der Waals surface area contributed by atoms with Crippen LogP contribution in [0.2, 0.25) is 0 Å². The molecule has 20 heavy (non-hydrogen) atoms. The van der Waals surface area contributed by atoms with Gasteiger partial charge in [-0.3, -0.25) is 0 Å². The van der Waals surface area contributed by atoms with Crippen molar-refractivity contribution in [1.29, 1.82) is 0 Å². The maximum Gasteiger partial charge on any atom is 0.339 e. The Hall–Kier alpha value is -2.53. The SMILES string of the molecule is Nc1cccc(C(=O)O)c1Oc1ccccc1CCO. The van der Waals surface area contributed by atoms with Crippen LogP contribution in [0.25, 0.3) is 0 Å². The van der Waals surface area contributed by atoms with Crippen molar-refractivity contribution in [2.24, 2.45) is 0 Å². The lowest BCUT2D eigenvalue weighted by atomic mass is 10.1. The van der Waals surface area contributed by atoms with Gasteiger partial charge in [0, 0.05) is 6.61 Å². The molecule has 0 aliphatic carbocycles. The molecular formula is C15H15NO4. The van der Waals surface area contributed by atoms with Gasteiger partial charge in [-0.15, -0.1) is 0 Å². The van der Waals surface area contributed by atoms with Crippen LogP contribution in [0.4, 0.5) is 5.69 Å². The Bertz CT molecular complexity index is 625. The molecule has 4 N–H and O–H groups in total. The van der Waals surface area contributed by atoms with E-state index < -0.39 is 5.97 Å². The highest BCUT2D eigenvalue weighted by atomic mass is 16.5. The highest BCUT2D eigenvalue weighted by Gasteiger charge is 2.16. The van der Waals surface area contributed by atoms with Gasteiger partial charge in [0.2, 0.25) is 0 Å². The van der Waals surface area contributed by atoms with E-state index in [4.69, 9.17) is 20.7 Å². The van der Waals surface area contributed by atoms with Crippen molar-refractivity contribution in [1.82, 2.24) is 0 Å². The average molecular weight is 273 g/mol. The van der Waals surface area contributed by atoms with Crippen LogP contribution in [0.3, 0.4) is 0 Å². The maximum absolute atomic E-state index is 11.2. The fraction of sp³-hybridized carbons (Fsp3) is 0.133. The summed E-state index contributed by atoms with van der Waals surface area (Å²) in [7, 11) is 0. The number of carboxylic acid groups (broad SMARTS) is 1. The number of nitrogens with two attached hydrogens (primary N) is 1. The quantitative estimate of drug-likeness (QED) is 0.727. The second-order valence-corrected chi connectivity index (χ2v) is 4.21. The lowest BCUT2D eigenvalue weighted by molar-refractivity contribution is 0.0694. The van der Waals surface area contributed by atoms with Crippen LogP contribution < -0.4 is 10.5 Å². The monoisotopic (exact) mass is 273 g/mol. The first kappa shape index (κ1) is 13.9. The molecule has 0 spiro atoms. The Morgan fingerprint density at radius 1 is 1.15 bits per heavy atom. The molecule has 0 aliphatic rings. The molecule has 2 aromatic carbocycles. The van der Waals surface area contributed by atoms with Crippen molar-refractivity contribution >= 4 is 11.7 Å². The van der Waals surface area contributed by atoms with Crippen LogP contribution in [0.5, 0.6) is 11.5 Å². The number of ether oxygens (including phenoxy) is 1. The van der Waals surface area contributed by atoms with E-state index >= 15 is 0 Å². The summed E-state index contributed by atoms with van der Waals surface area (Å²) in [4.78, 5) is 11.2. The zero-order valence-corrected chi connectivity index (χ0v) is 10.7. The van der Waals surface area contributed by atoms with E-state index in [0.29, 0.717) is 12.2 Å². The largest absolute Gasteiger partial charge is 0.478 e. The standard InChI is InChI=1S/C15H15NO4/c16-12-6-3-5-11(15(18)19)14(12)20-13-7-2-1-4-10(13)8-9-17/h1-7,17H,8-9,16H2,(H,18,19). The third-order valence-electron chi connectivity index (χ3n) is 2.84. The molecule has 104 valence electrons. The molecule has 5 nitrogen and oxygen atoms in total. The van der Waals surface area contributed by atoms with E-state index in [9.17, 15) is 4.79 Å². The number of aliphatic hydroxyl groups excluding tert-OH is 1. The molecule has 0 saturated heterocycles. The van der Waals surface area contributed by atoms with Gasteiger partial charge in [-0.2, -0.15) is 0 Å². The number of hydrogen-bond acceptors (Lipinski definition) is 4. The first-order valence-electron chi connectivity index (χ1n) is 6.12. The summed E-state index contributed by atoms with van der Waals surface area (Å²) < 4.78 is 5.67. The summed E-state index contributed by atoms with van der Waals surface area (Å²) in [5.74, 6) is -0.501. The van der Waals surface area contributed by atoms with Gasteiger partial charge in [-0.25, -0.2) is 4.79 Å². The molecule has 0 aliphatic heterocycles. The summed E-state index contributed by atoms with van der Waals surface area (Å²) in [6, 6.07) is 11.7. The van der Waals surface area contributed by atoms with Crippen molar-refractivity contribution in [2.45, 2.75) is 6.42 Å². The number of benzene rings is 2. The van der Waals surface area contributed by atoms with E-state index in [0.717, 1.165) is 5.56 Å². The molecule has 0 amide bonds. The smallest absolute Gasteiger partial charge is 0.339 e. The Morgan fingerprint density at radius 3 is 2.60 bits per heavy atom. The molecule has 2 aromatic rings. The minimum atomic E-state index is -1.10. The number of hydrogen-bond donors (Lipinski definition) is 3. The summed E-state index contributed by atoms with van der Waals surface area (Å²) in [6.07, 6.45) is 0.422. The molecule has 0 radical (unpaired) electrons. The topological polar surface area (TPSA) is 92.8 Å². The number of nitrogen functional groups attached to an aromatic ring is 1. The number of aliphatic hydroxyl groups is 1. The summed E-state index contributed by atoms with van der Waals surface area (Å²) in [5, 5.41) is 18.2. The second-order valence-electron chi connectivity index (χ2n) is 4.21. The zero-order chi connectivity index (χ0) is 14.5. The van der Waals surface area contributed by atoms with Gasteiger partial charge >= 0.3 is 5.97 Å². The number of para-hydroxylation sites is 2. The van der Waals surface area contributed by atoms with Gasteiger partial charge in [-0.1, -0.05) is 24.3 Å². The molecule has 0 fully saturated rings. The van der Waals surface area contributed by atoms with Crippen LogP contribution >= 0.6 is 0 Å². The Balaban J connectivity index is 2.42. The first-order valence-corrected chi connectivity index (χ1v) is 6.12. The molecule has 0 unspecified atom stereocenters. The number of aromatic carboxylic acids is 1. The Kier molecular flexibility index (Phi) is 4.22. The van der Waals surface area contributed by atoms with Crippen molar-refractivity contribution < 1.29 is 19.7 Å². The highest BCUT2D eigenvalue weighted by molar-refractivity contribution is 5.93. The molecule has 0 saturated carbocycles. The van der Waals surface area contributed by atoms with Gasteiger partial charge in [0.25, 0.3) is 0 Å². The number of rotatable bonds is 5. The van der Waals surface area contributed by atoms with Crippen LogP contribution in [0, 0.1) is 0 Å². The van der Waals surface area contributed by atoms with Crippen LogP contribution in [-0.4, -0.2) is 22.8 Å². The third kappa shape index (κ3) is 2.89. The van der Waals surface area contributed by atoms with Gasteiger partial charge in [0.1, 0.15) is 11.3 Å². The first-order chi connectivity index (χ1) is 9.63. The number of anilines is 1. The number of carbonyl (C=O) groups is 1. The molecule has 2 rings (SSSR count). The van der Waals surface area contributed by atoms with Gasteiger partial charge in [0.15, 0.2) is 5.75 Å². The molecule has 5 heteroatoms. The van der Waals surface area contributed by atoms with Crippen molar-refractivity contribution in [3.63, 3.8) is 0 Å². The fourth-order valence-electron chi connectivity index (χ4n) is 1.88. The minimum absolute atomic E-state index is 0.00352. The molecule has 0 bridgehead atoms. The van der Waals surface area contributed by atoms with E-state index in [2.05, 4.69) is 0 Å². The summed E-state index contributed by atoms with van der Waals surface area (Å²) in [6.45, 7) is -0.0174. The number of carboxylic acids is 1. The highest BCUT2D eigenvalue weighted by Crippen LogP contribution is 2.33. The average Bonchev–Trinajstić information content (AvgIpc) is 2.43. The van der Waals surface area contributed by atoms with Crippen LogP contribution in [-0.2, 0) is 6.42 Å². The van der Waals surface area contributed by atoms with Crippen molar-refractivity contribution in [3.8, 4) is 11.5 Å². The van der Waals surface area contributed by atoms with Gasteiger partial charge in [0.05, 0.1) is 5.69 Å². The molecule has 0 aromatic heterocycles. The lowest BCUT2D eigenvalue weighted by Gasteiger charge is -2.14. The predicted molar refractivity (Wildman–Crippen MR) is 75.1 cm³/mol. The van der Waals surface area contributed by atoms with E-state index in [-0.39, 0.29) is 23.6 Å². The summed E-state index contributed by atoms with van der Waals surface area (Å²) >= 11 is 0. The maximum atomic E-state index is 11.2. The van der Waals surface area contributed by atoms with E-state index in [1.165, 1.54) is 6.07 Å². The second kappa shape index (κ2) is 6.08. The predicted octanol–water partition coefficient (Wildman–Crippen LogP) is 2.29. The van der Waals surface area contributed by atoms with Crippen molar-refractivity contribution in [2.75, 3.05) is 12.3 Å². The Labute approximate surface area is 116 Å². The molecular weight excluding hydrogens is 258 g/mol.